The molecular weight excluding hydrogens is 507 g/mol. The molecule has 36 heavy (non-hydrogen) atoms. The van der Waals surface area contributed by atoms with Crippen molar-refractivity contribution in [1.29, 1.82) is 0 Å². The average Bonchev–Trinajstić information content (AvgIpc) is 2.90. The van der Waals surface area contributed by atoms with Gasteiger partial charge in [-0.1, -0.05) is 12.1 Å². The molecule has 0 amide bonds. The molecule has 6 N–H and O–H groups in total. The number of hydrogen-bond donors (Lipinski definition) is 6. The van der Waals surface area contributed by atoms with Gasteiger partial charge in [0.15, 0.2) is 11.3 Å². The van der Waals surface area contributed by atoms with Crippen molar-refractivity contribution >= 4 is 18.8 Å². The molecule has 4 unspecified atom stereocenters. The standard InChI is InChI=1S/C21H17O14P/c22-5-8-11(24)14(27)15(28)21(30-8)32-18-17-13(26)10-12(25)9(6-1-3-7(23)4-2-6)20-31-16(10)19(18)34-36(29,33-17)35-20/h1-4,8,11,14-15,21-24,26-28H,5H2/t8?,11-,14?,15?,21+,36?/m1/s1. The number of aromatic hydroxyl groups is 2. The van der Waals surface area contributed by atoms with E-state index in [-0.39, 0.29) is 16.9 Å². The van der Waals surface area contributed by atoms with Crippen LogP contribution in [-0.4, -0.2) is 68.0 Å². The van der Waals surface area contributed by atoms with Crippen molar-refractivity contribution in [2.75, 3.05) is 6.61 Å². The Labute approximate surface area is 199 Å². The number of phosphoric acid groups is 1. The molecule has 3 aliphatic heterocycles. The minimum Gasteiger partial charge on any atom is -0.508 e. The predicted molar refractivity (Wildman–Crippen MR) is 115 cm³/mol. The number of benzene rings is 2. The summed E-state index contributed by atoms with van der Waals surface area (Å²) in [6.07, 6.45) is -8.34. The smallest absolute Gasteiger partial charge is 0.508 e. The number of phenolic OH excluding ortho intramolecular Hbond substituents is 2. The minimum absolute atomic E-state index is 0.0835. The van der Waals surface area contributed by atoms with Gasteiger partial charge in [-0.3, -0.25) is 4.79 Å². The molecule has 3 aliphatic rings. The van der Waals surface area contributed by atoms with Crippen molar-refractivity contribution in [1.82, 2.24) is 0 Å². The van der Waals surface area contributed by atoms with Gasteiger partial charge >= 0.3 is 13.8 Å². The molecule has 1 saturated heterocycles. The summed E-state index contributed by atoms with van der Waals surface area (Å²) in [5, 5.41) is 59.8. The lowest BCUT2D eigenvalue weighted by Gasteiger charge is -2.40. The van der Waals surface area contributed by atoms with Crippen LogP contribution in [-0.2, 0) is 9.30 Å². The number of ether oxygens (including phenoxy) is 2. The van der Waals surface area contributed by atoms with Gasteiger partial charge in [-0.05, 0) is 17.7 Å². The molecule has 190 valence electrons. The van der Waals surface area contributed by atoms with Gasteiger partial charge in [0.05, 0.1) is 6.61 Å². The zero-order valence-electron chi connectivity index (χ0n) is 17.8. The van der Waals surface area contributed by atoms with Gasteiger partial charge in [0.1, 0.15) is 41.1 Å². The Balaban J connectivity index is 1.54. The summed E-state index contributed by atoms with van der Waals surface area (Å²) >= 11 is 0. The summed E-state index contributed by atoms with van der Waals surface area (Å²) in [4.78, 5) is 13.4. The molecule has 0 spiro atoms. The van der Waals surface area contributed by atoms with Crippen LogP contribution in [0.3, 0.4) is 0 Å². The monoisotopic (exact) mass is 524 g/mol. The second-order valence-corrected chi connectivity index (χ2v) is 9.66. The van der Waals surface area contributed by atoms with Gasteiger partial charge in [0.2, 0.25) is 29.0 Å². The number of phenols is 2. The molecule has 2 aromatic carbocycles. The molecule has 14 nitrogen and oxygen atoms in total. The lowest BCUT2D eigenvalue weighted by atomic mass is 9.99. The highest BCUT2D eigenvalue weighted by atomic mass is 31.2. The Morgan fingerprint density at radius 1 is 0.944 bits per heavy atom. The van der Waals surface area contributed by atoms with Crippen molar-refractivity contribution in [3.63, 3.8) is 0 Å². The van der Waals surface area contributed by atoms with Crippen LogP contribution < -0.4 is 23.7 Å². The maximum Gasteiger partial charge on any atom is 0.650 e. The lowest BCUT2D eigenvalue weighted by molar-refractivity contribution is -0.277. The van der Waals surface area contributed by atoms with E-state index in [0.717, 1.165) is 0 Å². The highest BCUT2D eigenvalue weighted by Gasteiger charge is 2.51. The number of aliphatic hydroxyl groups excluding tert-OH is 4. The van der Waals surface area contributed by atoms with E-state index in [2.05, 4.69) is 0 Å². The van der Waals surface area contributed by atoms with Gasteiger partial charge in [-0.25, -0.2) is 0 Å². The van der Waals surface area contributed by atoms with Crippen LogP contribution in [0.4, 0.5) is 0 Å². The molecule has 1 fully saturated rings. The first-order valence-corrected chi connectivity index (χ1v) is 11.9. The quantitative estimate of drug-likeness (QED) is 0.254. The van der Waals surface area contributed by atoms with Crippen molar-refractivity contribution in [2.24, 2.45) is 0 Å². The molecule has 6 atom stereocenters. The van der Waals surface area contributed by atoms with Crippen molar-refractivity contribution in [3.05, 3.63) is 34.5 Å². The first-order chi connectivity index (χ1) is 17.1. The van der Waals surface area contributed by atoms with E-state index in [0.29, 0.717) is 0 Å². The summed E-state index contributed by atoms with van der Waals surface area (Å²) in [6.45, 7) is -0.734. The molecule has 4 heterocycles. The Morgan fingerprint density at radius 3 is 2.33 bits per heavy atom. The summed E-state index contributed by atoms with van der Waals surface area (Å²) < 4.78 is 45.7. The summed E-state index contributed by atoms with van der Waals surface area (Å²) in [5.41, 5.74) is -1.25. The van der Waals surface area contributed by atoms with Gasteiger partial charge in [0, 0.05) is 0 Å². The van der Waals surface area contributed by atoms with Crippen LogP contribution in [0.2, 0.25) is 0 Å². The maximum atomic E-state index is 13.4. The van der Waals surface area contributed by atoms with Crippen LogP contribution in [0, 0.1) is 0 Å². The van der Waals surface area contributed by atoms with E-state index in [1.54, 1.807) is 0 Å². The highest BCUT2D eigenvalue weighted by molar-refractivity contribution is 7.50. The number of aliphatic hydroxyl groups is 4. The van der Waals surface area contributed by atoms with Gasteiger partial charge in [0.25, 0.3) is 0 Å². The van der Waals surface area contributed by atoms with E-state index in [9.17, 15) is 40.0 Å². The number of hydrogen-bond acceptors (Lipinski definition) is 14. The number of rotatable bonds is 4. The van der Waals surface area contributed by atoms with Crippen LogP contribution in [0.25, 0.3) is 22.1 Å². The number of fused-ring (bicyclic) bond motifs is 3. The van der Waals surface area contributed by atoms with E-state index in [1.807, 2.05) is 0 Å². The van der Waals surface area contributed by atoms with Crippen molar-refractivity contribution in [2.45, 2.75) is 30.7 Å². The van der Waals surface area contributed by atoms with Gasteiger partial charge in [-0.2, -0.15) is 4.57 Å². The molecule has 1 aromatic heterocycles. The molecule has 3 aromatic rings. The summed E-state index contributed by atoms with van der Waals surface area (Å²) in [6, 6.07) is 5.34. The molecule has 0 aliphatic carbocycles. The second kappa shape index (κ2) is 7.74. The molecular formula is C21H17O14P. The fourth-order valence-electron chi connectivity index (χ4n) is 4.20. The molecule has 0 saturated carbocycles. The van der Waals surface area contributed by atoms with Crippen LogP contribution >= 0.6 is 7.82 Å². The zero-order valence-corrected chi connectivity index (χ0v) is 18.7. The first kappa shape index (κ1) is 22.9. The normalized spacial score (nSPS) is 30.1. The Kier molecular flexibility index (Phi) is 4.92. The lowest BCUT2D eigenvalue weighted by Crippen LogP contribution is -2.60. The highest BCUT2D eigenvalue weighted by Crippen LogP contribution is 2.67. The SMILES string of the molecule is O=c1c(-c2ccc(O)cc2)c2oc3c4c(O[C@@H]5OC(CO)[C@@H](O)C(O)C5O)c(c(O)c13)OP(=O)(O2)O4. The topological polar surface area (TPSA) is 215 Å². The van der Waals surface area contributed by atoms with E-state index < -0.39 is 90.5 Å². The molecule has 15 heteroatoms. The van der Waals surface area contributed by atoms with E-state index >= 15 is 0 Å². The van der Waals surface area contributed by atoms with E-state index in [4.69, 9.17) is 27.5 Å². The fraction of sp³-hybridized carbons (Fsp3) is 0.286. The van der Waals surface area contributed by atoms with Crippen molar-refractivity contribution in [3.8, 4) is 45.8 Å². The molecule has 6 rings (SSSR count). The third kappa shape index (κ3) is 3.17. The summed E-state index contributed by atoms with van der Waals surface area (Å²) in [7, 11) is -4.58. The minimum atomic E-state index is -4.58. The zero-order chi connectivity index (χ0) is 25.5. The third-order valence-corrected chi connectivity index (χ3v) is 7.19. The van der Waals surface area contributed by atoms with Crippen LogP contribution in [0.5, 0.6) is 34.7 Å². The average molecular weight is 524 g/mol. The molecule has 5 bridgehead atoms. The van der Waals surface area contributed by atoms with E-state index in [1.165, 1.54) is 24.3 Å². The Morgan fingerprint density at radius 2 is 1.64 bits per heavy atom. The van der Waals surface area contributed by atoms with Crippen LogP contribution in [0.15, 0.2) is 33.5 Å². The predicted octanol–water partition coefficient (Wildman–Crippen LogP) is 0.322. The first-order valence-electron chi connectivity index (χ1n) is 10.5. The third-order valence-electron chi connectivity index (χ3n) is 5.99. The van der Waals surface area contributed by atoms with Crippen molar-refractivity contribution < 1.29 is 62.7 Å². The Bertz CT molecular complexity index is 1500. The Hall–Kier alpha value is -3.52. The molecule has 0 radical (unpaired) electrons. The van der Waals surface area contributed by atoms with Gasteiger partial charge in [-0.15, -0.1) is 0 Å². The number of phosphoric ester groups is 1. The fourth-order valence-corrected chi connectivity index (χ4v) is 5.42. The summed E-state index contributed by atoms with van der Waals surface area (Å²) in [5.74, 6) is -3.11. The van der Waals surface area contributed by atoms with Crippen LogP contribution in [0.1, 0.15) is 0 Å². The van der Waals surface area contributed by atoms with Gasteiger partial charge < -0.3 is 58.1 Å². The second-order valence-electron chi connectivity index (χ2n) is 8.22. The largest absolute Gasteiger partial charge is 0.650 e. The maximum absolute atomic E-state index is 13.4.